The SMILES string of the molecule is Cc1occc1C(=O)OCC(=O)NCCC1=CCCCC1. The normalized spacial score (nSPS) is 14.4. The van der Waals surface area contributed by atoms with Crippen LogP contribution >= 0.6 is 0 Å². The first-order chi connectivity index (χ1) is 10.2. The average molecular weight is 291 g/mol. The Morgan fingerprint density at radius 3 is 2.90 bits per heavy atom. The molecule has 0 radical (unpaired) electrons. The standard InChI is InChI=1S/C16H21NO4/c1-12-14(8-10-20-12)16(19)21-11-15(18)17-9-7-13-5-3-2-4-6-13/h5,8,10H,2-4,6-7,9,11H2,1H3,(H,17,18). The molecule has 5 nitrogen and oxygen atoms in total. The fourth-order valence-corrected chi connectivity index (χ4v) is 2.35. The second-order valence-corrected chi connectivity index (χ2v) is 5.17. The van der Waals surface area contributed by atoms with Crippen molar-refractivity contribution in [1.82, 2.24) is 5.32 Å². The molecule has 0 spiro atoms. The van der Waals surface area contributed by atoms with E-state index in [2.05, 4.69) is 11.4 Å². The molecule has 1 aliphatic rings. The van der Waals surface area contributed by atoms with Gasteiger partial charge < -0.3 is 14.5 Å². The molecule has 1 N–H and O–H groups in total. The largest absolute Gasteiger partial charge is 0.469 e. The van der Waals surface area contributed by atoms with Crippen LogP contribution in [0.5, 0.6) is 0 Å². The molecule has 2 rings (SSSR count). The number of hydrogen-bond acceptors (Lipinski definition) is 4. The number of rotatable bonds is 6. The van der Waals surface area contributed by atoms with Gasteiger partial charge in [0.1, 0.15) is 11.3 Å². The Labute approximate surface area is 124 Å². The Hall–Kier alpha value is -2.04. The molecule has 5 heteroatoms. The van der Waals surface area contributed by atoms with Crippen LogP contribution in [0.4, 0.5) is 0 Å². The van der Waals surface area contributed by atoms with Crippen molar-refractivity contribution >= 4 is 11.9 Å². The van der Waals surface area contributed by atoms with Gasteiger partial charge in [-0.15, -0.1) is 0 Å². The van der Waals surface area contributed by atoms with E-state index in [0.717, 1.165) is 19.3 Å². The Kier molecular flexibility index (Phi) is 5.60. The van der Waals surface area contributed by atoms with Crippen molar-refractivity contribution < 1.29 is 18.7 Å². The molecule has 1 heterocycles. The van der Waals surface area contributed by atoms with Gasteiger partial charge in [-0.05, 0) is 45.1 Å². The number of carbonyl (C=O) groups is 2. The number of esters is 1. The van der Waals surface area contributed by atoms with E-state index in [1.807, 2.05) is 0 Å². The van der Waals surface area contributed by atoms with Gasteiger partial charge in [-0.25, -0.2) is 4.79 Å². The summed E-state index contributed by atoms with van der Waals surface area (Å²) in [4.78, 5) is 23.3. The van der Waals surface area contributed by atoms with E-state index in [1.165, 1.54) is 30.7 Å². The summed E-state index contributed by atoms with van der Waals surface area (Å²) in [6.07, 6.45) is 9.33. The number of furan rings is 1. The van der Waals surface area contributed by atoms with Gasteiger partial charge in [0.05, 0.1) is 6.26 Å². The maximum atomic E-state index is 11.7. The molecule has 0 aliphatic heterocycles. The maximum absolute atomic E-state index is 11.7. The van der Waals surface area contributed by atoms with Gasteiger partial charge in [-0.1, -0.05) is 11.6 Å². The molecule has 0 atom stereocenters. The zero-order chi connectivity index (χ0) is 15.1. The summed E-state index contributed by atoms with van der Waals surface area (Å²) in [5.74, 6) is -0.322. The molecule has 1 aromatic heterocycles. The summed E-state index contributed by atoms with van der Waals surface area (Å²) in [5, 5.41) is 2.76. The fourth-order valence-electron chi connectivity index (χ4n) is 2.35. The van der Waals surface area contributed by atoms with Gasteiger partial charge in [0.2, 0.25) is 0 Å². The van der Waals surface area contributed by atoms with E-state index in [1.54, 1.807) is 6.92 Å². The summed E-state index contributed by atoms with van der Waals surface area (Å²) in [7, 11) is 0. The molecule has 0 saturated heterocycles. The van der Waals surface area contributed by atoms with Gasteiger partial charge in [-0.2, -0.15) is 0 Å². The second-order valence-electron chi connectivity index (χ2n) is 5.17. The van der Waals surface area contributed by atoms with Crippen LogP contribution in [0.1, 0.15) is 48.2 Å². The van der Waals surface area contributed by atoms with Crippen LogP contribution < -0.4 is 5.32 Å². The van der Waals surface area contributed by atoms with Crippen molar-refractivity contribution in [3.05, 3.63) is 35.3 Å². The number of amides is 1. The lowest BCUT2D eigenvalue weighted by Gasteiger charge is -2.12. The molecule has 1 amide bonds. The highest BCUT2D eigenvalue weighted by Crippen LogP contribution is 2.19. The van der Waals surface area contributed by atoms with E-state index in [0.29, 0.717) is 17.9 Å². The number of ether oxygens (including phenoxy) is 1. The Morgan fingerprint density at radius 1 is 1.38 bits per heavy atom. The Bertz CT molecular complexity index is 530. The smallest absolute Gasteiger partial charge is 0.342 e. The van der Waals surface area contributed by atoms with Crippen molar-refractivity contribution in [3.63, 3.8) is 0 Å². The van der Waals surface area contributed by atoms with E-state index in [4.69, 9.17) is 9.15 Å². The van der Waals surface area contributed by atoms with Gasteiger partial charge in [0.25, 0.3) is 5.91 Å². The predicted molar refractivity (Wildman–Crippen MR) is 77.9 cm³/mol. The van der Waals surface area contributed by atoms with Crippen LogP contribution in [0, 0.1) is 6.92 Å². The van der Waals surface area contributed by atoms with Gasteiger partial charge in [-0.3, -0.25) is 4.79 Å². The third-order valence-electron chi connectivity index (χ3n) is 3.57. The third-order valence-corrected chi connectivity index (χ3v) is 3.57. The predicted octanol–water partition coefficient (Wildman–Crippen LogP) is 2.75. The average Bonchev–Trinajstić information content (AvgIpc) is 2.92. The van der Waals surface area contributed by atoms with Crippen LogP contribution in [0.3, 0.4) is 0 Å². The number of hydrogen-bond donors (Lipinski definition) is 1. The molecule has 114 valence electrons. The van der Waals surface area contributed by atoms with Crippen molar-refractivity contribution in [2.24, 2.45) is 0 Å². The zero-order valence-electron chi connectivity index (χ0n) is 12.3. The van der Waals surface area contributed by atoms with Crippen LogP contribution in [0.15, 0.2) is 28.4 Å². The summed E-state index contributed by atoms with van der Waals surface area (Å²) in [6.45, 7) is 2.00. The number of carbonyl (C=O) groups excluding carboxylic acids is 2. The number of aryl methyl sites for hydroxylation is 1. The minimum atomic E-state index is -0.536. The third kappa shape index (κ3) is 4.77. The van der Waals surface area contributed by atoms with Crippen molar-refractivity contribution in [3.8, 4) is 0 Å². The molecule has 1 aromatic rings. The molecule has 0 fully saturated rings. The molecule has 0 bridgehead atoms. The molecular formula is C16H21NO4. The lowest BCUT2D eigenvalue weighted by Crippen LogP contribution is -2.29. The first-order valence-electron chi connectivity index (χ1n) is 7.32. The highest BCUT2D eigenvalue weighted by atomic mass is 16.5. The minimum absolute atomic E-state index is 0.261. The van der Waals surface area contributed by atoms with Crippen molar-refractivity contribution in [1.29, 1.82) is 0 Å². The van der Waals surface area contributed by atoms with E-state index < -0.39 is 5.97 Å². The first-order valence-corrected chi connectivity index (χ1v) is 7.32. The molecular weight excluding hydrogens is 270 g/mol. The second kappa shape index (κ2) is 7.67. The summed E-state index contributed by atoms with van der Waals surface area (Å²) < 4.78 is 9.96. The fraction of sp³-hybridized carbons (Fsp3) is 0.500. The van der Waals surface area contributed by atoms with Crippen molar-refractivity contribution in [2.75, 3.05) is 13.2 Å². The van der Waals surface area contributed by atoms with Gasteiger partial charge >= 0.3 is 5.97 Å². The van der Waals surface area contributed by atoms with E-state index in [-0.39, 0.29) is 12.5 Å². The van der Waals surface area contributed by atoms with Gasteiger partial charge in [0.15, 0.2) is 6.61 Å². The molecule has 1 aliphatic carbocycles. The van der Waals surface area contributed by atoms with E-state index >= 15 is 0 Å². The van der Waals surface area contributed by atoms with E-state index in [9.17, 15) is 9.59 Å². The van der Waals surface area contributed by atoms with Gasteiger partial charge in [0, 0.05) is 6.54 Å². The molecule has 0 aromatic carbocycles. The minimum Gasteiger partial charge on any atom is -0.469 e. The highest BCUT2D eigenvalue weighted by Gasteiger charge is 2.14. The molecule has 0 saturated carbocycles. The summed E-state index contributed by atoms with van der Waals surface area (Å²) in [6, 6.07) is 1.53. The van der Waals surface area contributed by atoms with Crippen LogP contribution in [0.2, 0.25) is 0 Å². The lowest BCUT2D eigenvalue weighted by atomic mass is 9.97. The quantitative estimate of drug-likeness (QED) is 0.646. The first kappa shape index (κ1) is 15.4. The molecule has 21 heavy (non-hydrogen) atoms. The zero-order valence-corrected chi connectivity index (χ0v) is 12.3. The van der Waals surface area contributed by atoms with Crippen molar-refractivity contribution in [2.45, 2.75) is 39.0 Å². The van der Waals surface area contributed by atoms with Crippen LogP contribution in [-0.2, 0) is 9.53 Å². The van der Waals surface area contributed by atoms with Crippen LogP contribution in [0.25, 0.3) is 0 Å². The number of nitrogens with one attached hydrogen (secondary N) is 1. The highest BCUT2D eigenvalue weighted by molar-refractivity contribution is 5.92. The van der Waals surface area contributed by atoms with Crippen LogP contribution in [-0.4, -0.2) is 25.0 Å². The molecule has 0 unspecified atom stereocenters. The Balaban J connectivity index is 1.64. The topological polar surface area (TPSA) is 68.5 Å². The monoisotopic (exact) mass is 291 g/mol. The maximum Gasteiger partial charge on any atom is 0.342 e. The number of allylic oxidation sites excluding steroid dienone is 1. The lowest BCUT2D eigenvalue weighted by molar-refractivity contribution is -0.124. The Morgan fingerprint density at radius 2 is 2.24 bits per heavy atom. The summed E-state index contributed by atoms with van der Waals surface area (Å²) >= 11 is 0. The summed E-state index contributed by atoms with van der Waals surface area (Å²) in [5.41, 5.74) is 1.77.